The van der Waals surface area contributed by atoms with Crippen LogP contribution in [-0.2, 0) is 27.7 Å². The number of imidazole rings is 1. The van der Waals surface area contributed by atoms with Crippen molar-refractivity contribution < 1.29 is 42.1 Å². The molecule has 1 aliphatic heterocycles. The fraction of sp³-hybridized carbons (Fsp3) is 0.583. The van der Waals surface area contributed by atoms with Gasteiger partial charge in [-0.1, -0.05) is 13.8 Å². The number of carbonyl (C=O) groups excluding carboxylic acids is 1. The average Bonchev–Trinajstić information content (AvgIpc) is 3.68. The molecule has 21 heteroatoms. The highest BCUT2D eigenvalue weighted by molar-refractivity contribution is 8.36. The number of halogens is 1. The fourth-order valence-corrected chi connectivity index (χ4v) is 6.95. The molecule has 2 fully saturated rings. The Morgan fingerprint density at radius 3 is 2.87 bits per heavy atom. The molecule has 4 heterocycles. The molecule has 1 amide bonds. The van der Waals surface area contributed by atoms with Crippen LogP contribution in [0.5, 0.6) is 0 Å². The molecule has 1 aliphatic carbocycles. The van der Waals surface area contributed by atoms with E-state index in [-0.39, 0.29) is 50.5 Å². The maximum absolute atomic E-state index is 15.3. The molecule has 1 saturated heterocycles. The summed E-state index contributed by atoms with van der Waals surface area (Å²) in [5.74, 6) is -1.15. The van der Waals surface area contributed by atoms with Gasteiger partial charge in [-0.15, -0.1) is 12.2 Å². The van der Waals surface area contributed by atoms with E-state index in [1.54, 1.807) is 19.9 Å². The zero-order valence-electron chi connectivity index (χ0n) is 24.0. The summed E-state index contributed by atoms with van der Waals surface area (Å²) >= 11 is 4.07. The van der Waals surface area contributed by atoms with Crippen molar-refractivity contribution in [2.45, 2.75) is 63.4 Å². The van der Waals surface area contributed by atoms with E-state index >= 15 is 4.39 Å². The minimum Gasteiger partial charge on any atom is -0.394 e. The average molecular weight is 691 g/mol. The maximum Gasteiger partial charge on any atom is 0.472 e. The molecule has 9 atom stereocenters. The predicted octanol–water partition coefficient (Wildman–Crippen LogP) is 1.95. The van der Waals surface area contributed by atoms with Crippen molar-refractivity contribution in [1.29, 1.82) is 0 Å². The van der Waals surface area contributed by atoms with E-state index in [1.165, 1.54) is 23.4 Å². The third-order valence-electron chi connectivity index (χ3n) is 7.37. The number of rotatable bonds is 13. The van der Waals surface area contributed by atoms with E-state index in [1.807, 2.05) is 0 Å². The number of aromatic amines is 1. The first-order valence-corrected chi connectivity index (χ1v) is 17.6. The van der Waals surface area contributed by atoms with Crippen LogP contribution in [0, 0.1) is 11.8 Å². The van der Waals surface area contributed by atoms with Crippen LogP contribution in [0.2, 0.25) is 0 Å². The molecular weight excluding hydrogens is 657 g/mol. The van der Waals surface area contributed by atoms with Gasteiger partial charge in [0.25, 0.3) is 5.56 Å². The van der Waals surface area contributed by atoms with E-state index in [4.69, 9.17) is 18.3 Å². The number of carbonyl (C=O) groups is 1. The molecule has 1 saturated carbocycles. The number of phosphoric acid groups is 1. The van der Waals surface area contributed by atoms with E-state index in [2.05, 4.69) is 47.8 Å². The number of alkyl halides is 1. The number of hydrogen-bond donors (Lipinski definition) is 6. The van der Waals surface area contributed by atoms with Gasteiger partial charge in [0.1, 0.15) is 30.5 Å². The number of hydrogen-bond acceptors (Lipinski definition) is 14. The Labute approximate surface area is 262 Å². The Morgan fingerprint density at radius 2 is 2.18 bits per heavy atom. The van der Waals surface area contributed by atoms with Crippen molar-refractivity contribution in [3.05, 3.63) is 35.3 Å². The Kier molecular flexibility index (Phi) is 10.8. The van der Waals surface area contributed by atoms with Crippen molar-refractivity contribution >= 4 is 56.9 Å². The van der Waals surface area contributed by atoms with Crippen molar-refractivity contribution in [1.82, 2.24) is 29.5 Å². The molecule has 0 bridgehead atoms. The summed E-state index contributed by atoms with van der Waals surface area (Å²) in [5, 5.41) is 15.3. The fourth-order valence-electron chi connectivity index (χ4n) is 5.17. The highest BCUT2D eigenvalue weighted by Crippen LogP contribution is 2.50. The quantitative estimate of drug-likeness (QED) is 0.111. The second kappa shape index (κ2) is 14.4. The Balaban J connectivity index is 1.30. The van der Waals surface area contributed by atoms with Crippen molar-refractivity contribution in [2.24, 2.45) is 11.8 Å². The summed E-state index contributed by atoms with van der Waals surface area (Å²) in [6.07, 6.45) is -1.39. The molecule has 3 aromatic rings. The van der Waals surface area contributed by atoms with Crippen LogP contribution < -0.4 is 16.2 Å². The van der Waals surface area contributed by atoms with E-state index in [0.717, 1.165) is 0 Å². The highest BCUT2D eigenvalue weighted by Gasteiger charge is 2.47. The summed E-state index contributed by atoms with van der Waals surface area (Å²) in [6.45, 7) is 2.51. The predicted molar refractivity (Wildman–Crippen MR) is 162 cm³/mol. The third kappa shape index (κ3) is 7.86. The number of aliphatic hydroxyl groups is 1. The molecule has 17 nitrogen and oxygen atoms in total. The van der Waals surface area contributed by atoms with Crippen LogP contribution >= 0.6 is 28.1 Å². The number of thiol groups is 1. The summed E-state index contributed by atoms with van der Waals surface area (Å²) in [6, 6.07) is 0.861. The van der Waals surface area contributed by atoms with Gasteiger partial charge < -0.3 is 24.6 Å². The van der Waals surface area contributed by atoms with Gasteiger partial charge in [-0.2, -0.15) is 4.98 Å². The molecule has 45 heavy (non-hydrogen) atoms. The summed E-state index contributed by atoms with van der Waals surface area (Å²) in [5.41, 5.74) is -0.728. The van der Waals surface area contributed by atoms with Crippen LogP contribution in [-0.4, -0.2) is 89.1 Å². The lowest BCUT2D eigenvalue weighted by Gasteiger charge is -2.24. The Hall–Kier alpha value is -2.60. The summed E-state index contributed by atoms with van der Waals surface area (Å²) < 4.78 is 52.0. The normalized spacial score (nSPS) is 28.3. The zero-order chi connectivity index (χ0) is 32.3. The zero-order valence-corrected chi connectivity index (χ0v) is 26.8. The lowest BCUT2D eigenvalue weighted by molar-refractivity contribution is -0.118. The van der Waals surface area contributed by atoms with Gasteiger partial charge in [0, 0.05) is 24.5 Å². The van der Waals surface area contributed by atoms with Crippen LogP contribution in [0.4, 0.5) is 16.2 Å². The van der Waals surface area contributed by atoms with Gasteiger partial charge in [-0.25, -0.2) is 23.9 Å². The molecule has 0 radical (unpaired) electrons. The first-order valence-electron chi connectivity index (χ1n) is 13.9. The number of phosphoric ester groups is 1. The maximum atomic E-state index is 15.3. The van der Waals surface area contributed by atoms with Gasteiger partial charge >= 0.3 is 7.82 Å². The lowest BCUT2D eigenvalue weighted by atomic mass is 10.1. The topological polar surface area (TPSA) is 225 Å². The molecule has 0 aromatic carbocycles. The smallest absolute Gasteiger partial charge is 0.394 e. The third-order valence-corrected chi connectivity index (χ3v) is 9.07. The van der Waals surface area contributed by atoms with Crippen LogP contribution in [0.15, 0.2) is 29.7 Å². The Bertz CT molecular complexity index is 1590. The molecule has 3 aromatic heterocycles. The standard InChI is InChI=1S/C24H33FN8O9P2S/c1-11(2)21(35)31-24-30-20-18(22(36)32-24)28-10-33(20)23-15(6-13(7-34)40-23)42-44(37,38)39-8-12-5-14(17(25)19(12)41-43-45)29-16-3-4-26-9-27-16/h3-4,9-15,17,19,23,34,43,45H,5-8H2,1-2H3,(H,37,38)(H,26,27,29)(H2,30,31,32,35,36)/t12-,13?,14-,15-,17+,19-,23-/m1/s1. The van der Waals surface area contributed by atoms with Crippen molar-refractivity contribution in [3.63, 3.8) is 0 Å². The first kappa shape index (κ1) is 33.8. The van der Waals surface area contributed by atoms with Gasteiger partial charge in [-0.3, -0.25) is 33.5 Å². The largest absolute Gasteiger partial charge is 0.472 e. The molecular formula is C24H33FN8O9P2S. The Morgan fingerprint density at radius 1 is 1.38 bits per heavy atom. The number of H-pyrrole nitrogens is 1. The van der Waals surface area contributed by atoms with Crippen molar-refractivity contribution in [2.75, 3.05) is 23.8 Å². The van der Waals surface area contributed by atoms with Crippen LogP contribution in [0.3, 0.4) is 0 Å². The number of amides is 1. The van der Waals surface area contributed by atoms with E-state index < -0.39 is 68.6 Å². The lowest BCUT2D eigenvalue weighted by Crippen LogP contribution is -2.33. The molecule has 246 valence electrons. The number of ether oxygens (including phenoxy) is 1. The minimum absolute atomic E-state index is 0.00145. The number of nitrogens with one attached hydrogen (secondary N) is 3. The number of aliphatic hydroxyl groups excluding tert-OH is 1. The minimum atomic E-state index is -4.81. The highest BCUT2D eigenvalue weighted by atomic mass is 32.7. The molecule has 2 aliphatic rings. The SMILES string of the molecule is CC(C)C(=O)Nc1nc2c(ncn2[C@@H]2OC(CO)C[C@H]2OP(=O)(O)OC[C@H]2C[C@@H](Nc3ccncn3)[C@H](F)[C@@H]2OPS)c(=O)[nH]1. The number of aromatic nitrogens is 6. The second-order valence-corrected chi connectivity index (χ2v) is 13.2. The first-order chi connectivity index (χ1) is 21.5. The van der Waals surface area contributed by atoms with Gasteiger partial charge in [0.05, 0.1) is 39.7 Å². The summed E-state index contributed by atoms with van der Waals surface area (Å²) in [4.78, 5) is 54.2. The monoisotopic (exact) mass is 690 g/mol. The van der Waals surface area contributed by atoms with Gasteiger partial charge in [0.2, 0.25) is 11.9 Å². The molecule has 5 N–H and O–H groups in total. The second-order valence-electron chi connectivity index (χ2n) is 10.8. The number of anilines is 2. The van der Waals surface area contributed by atoms with Crippen molar-refractivity contribution in [3.8, 4) is 0 Å². The molecule has 5 rings (SSSR count). The van der Waals surface area contributed by atoms with Crippen LogP contribution in [0.1, 0.15) is 32.9 Å². The van der Waals surface area contributed by atoms with Gasteiger partial charge in [-0.05, 0) is 12.5 Å². The molecule has 3 unspecified atom stereocenters. The number of nitrogens with zero attached hydrogens (tertiary/aromatic N) is 5. The van der Waals surface area contributed by atoms with E-state index in [9.17, 15) is 24.2 Å². The molecule has 0 spiro atoms. The van der Waals surface area contributed by atoms with E-state index in [0.29, 0.717) is 5.82 Å². The summed E-state index contributed by atoms with van der Waals surface area (Å²) in [7, 11) is -5.14. The van der Waals surface area contributed by atoms with Crippen LogP contribution in [0.25, 0.3) is 11.2 Å². The number of fused-ring (bicyclic) bond motifs is 1. The van der Waals surface area contributed by atoms with Gasteiger partial charge in [0.15, 0.2) is 17.4 Å².